The van der Waals surface area contributed by atoms with Crippen LogP contribution < -0.4 is 0 Å². The third-order valence-corrected chi connectivity index (χ3v) is 5.27. The van der Waals surface area contributed by atoms with Crippen molar-refractivity contribution in [1.29, 1.82) is 0 Å². The van der Waals surface area contributed by atoms with Gasteiger partial charge in [-0.2, -0.15) is 0 Å². The van der Waals surface area contributed by atoms with E-state index in [1.807, 2.05) is 0 Å². The Morgan fingerprint density at radius 1 is 1.43 bits per heavy atom. The van der Waals surface area contributed by atoms with Gasteiger partial charge in [0.15, 0.2) is 9.84 Å². The topological polar surface area (TPSA) is 97.6 Å². The van der Waals surface area contributed by atoms with Crippen molar-refractivity contribution >= 4 is 21.4 Å². The minimum Gasteiger partial charge on any atom is -0.337 e. The molecule has 0 aromatic heterocycles. The molecule has 21 heavy (non-hydrogen) atoms. The maximum Gasteiger partial charge on any atom is 0.272 e. The van der Waals surface area contributed by atoms with Crippen molar-refractivity contribution in [2.24, 2.45) is 0 Å². The summed E-state index contributed by atoms with van der Waals surface area (Å²) in [6.45, 7) is 2.12. The molecule has 0 N–H and O–H groups in total. The SMILES string of the molecule is Cc1cc(C(=O)N2CCC(S(C)(=O)=O)C2)ccc1[N+](=O)[O-]. The highest BCUT2D eigenvalue weighted by Crippen LogP contribution is 2.22. The van der Waals surface area contributed by atoms with Crippen LogP contribution in [0.15, 0.2) is 18.2 Å². The number of nitrogens with zero attached hydrogens (tertiary/aromatic N) is 2. The van der Waals surface area contributed by atoms with Crippen LogP contribution in [0.1, 0.15) is 22.3 Å². The Hall–Kier alpha value is -1.96. The fraction of sp³-hybridized carbons (Fsp3) is 0.462. The van der Waals surface area contributed by atoms with Crippen LogP contribution in [-0.2, 0) is 9.84 Å². The van der Waals surface area contributed by atoms with E-state index in [9.17, 15) is 23.3 Å². The predicted molar refractivity (Wildman–Crippen MR) is 77.0 cm³/mol. The lowest BCUT2D eigenvalue weighted by molar-refractivity contribution is -0.385. The first-order chi connectivity index (χ1) is 9.70. The number of carbonyl (C=O) groups is 1. The lowest BCUT2D eigenvalue weighted by atomic mass is 10.1. The molecule has 0 spiro atoms. The van der Waals surface area contributed by atoms with Gasteiger partial charge < -0.3 is 4.90 Å². The zero-order valence-electron chi connectivity index (χ0n) is 11.8. The van der Waals surface area contributed by atoms with Crippen LogP contribution in [0.3, 0.4) is 0 Å². The van der Waals surface area contributed by atoms with Gasteiger partial charge >= 0.3 is 0 Å². The van der Waals surface area contributed by atoms with E-state index < -0.39 is 20.0 Å². The summed E-state index contributed by atoms with van der Waals surface area (Å²) >= 11 is 0. The largest absolute Gasteiger partial charge is 0.337 e. The monoisotopic (exact) mass is 312 g/mol. The summed E-state index contributed by atoms with van der Waals surface area (Å²) < 4.78 is 23.0. The van der Waals surface area contributed by atoms with Crippen LogP contribution >= 0.6 is 0 Å². The molecule has 1 heterocycles. The zero-order chi connectivity index (χ0) is 15.8. The van der Waals surface area contributed by atoms with E-state index in [-0.39, 0.29) is 18.1 Å². The fourth-order valence-electron chi connectivity index (χ4n) is 2.44. The van der Waals surface area contributed by atoms with Gasteiger partial charge in [-0.15, -0.1) is 0 Å². The summed E-state index contributed by atoms with van der Waals surface area (Å²) in [7, 11) is -3.16. The number of benzene rings is 1. The Bertz CT molecular complexity index is 699. The van der Waals surface area contributed by atoms with Gasteiger partial charge in [0.2, 0.25) is 0 Å². The van der Waals surface area contributed by atoms with Crippen LogP contribution in [0.2, 0.25) is 0 Å². The molecule has 1 aromatic carbocycles. The van der Waals surface area contributed by atoms with Gasteiger partial charge in [-0.1, -0.05) is 0 Å². The molecule has 1 unspecified atom stereocenters. The minimum atomic E-state index is -3.16. The van der Waals surface area contributed by atoms with Crippen LogP contribution in [0.4, 0.5) is 5.69 Å². The average Bonchev–Trinajstić information content (AvgIpc) is 2.86. The first-order valence-corrected chi connectivity index (χ1v) is 8.39. The van der Waals surface area contributed by atoms with Gasteiger partial charge in [-0.25, -0.2) is 8.42 Å². The zero-order valence-corrected chi connectivity index (χ0v) is 12.6. The number of rotatable bonds is 3. The van der Waals surface area contributed by atoms with Crippen molar-refractivity contribution in [2.75, 3.05) is 19.3 Å². The van der Waals surface area contributed by atoms with Crippen molar-refractivity contribution in [1.82, 2.24) is 4.90 Å². The molecule has 1 aliphatic rings. The van der Waals surface area contributed by atoms with Crippen LogP contribution in [0.5, 0.6) is 0 Å². The highest BCUT2D eigenvalue weighted by molar-refractivity contribution is 7.91. The highest BCUT2D eigenvalue weighted by Gasteiger charge is 2.33. The van der Waals surface area contributed by atoms with Crippen molar-refractivity contribution in [3.8, 4) is 0 Å². The summed E-state index contributed by atoms with van der Waals surface area (Å²) in [6, 6.07) is 4.17. The lowest BCUT2D eigenvalue weighted by Gasteiger charge is -2.16. The number of aryl methyl sites for hydroxylation is 1. The van der Waals surface area contributed by atoms with Gasteiger partial charge in [0.1, 0.15) is 0 Å². The standard InChI is InChI=1S/C13H16N2O5S/c1-9-7-10(3-4-12(9)15(17)18)13(16)14-6-5-11(8-14)21(2,19)20/h3-4,7,11H,5-6,8H2,1-2H3. The van der Waals surface area contributed by atoms with E-state index >= 15 is 0 Å². The molecule has 7 nitrogen and oxygen atoms in total. The Morgan fingerprint density at radius 3 is 2.57 bits per heavy atom. The lowest BCUT2D eigenvalue weighted by Crippen LogP contribution is -2.31. The third kappa shape index (κ3) is 3.21. The quantitative estimate of drug-likeness (QED) is 0.616. The number of likely N-dealkylation sites (tertiary alicyclic amines) is 1. The van der Waals surface area contributed by atoms with E-state index in [0.717, 1.165) is 0 Å². The predicted octanol–water partition coefficient (Wildman–Crippen LogP) is 1.16. The van der Waals surface area contributed by atoms with E-state index in [1.165, 1.54) is 29.4 Å². The molecular formula is C13H16N2O5S. The second-order valence-corrected chi connectivity index (χ2v) is 7.58. The van der Waals surface area contributed by atoms with E-state index in [2.05, 4.69) is 0 Å². The Morgan fingerprint density at radius 2 is 2.10 bits per heavy atom. The molecule has 114 valence electrons. The summed E-state index contributed by atoms with van der Waals surface area (Å²) in [6.07, 6.45) is 1.60. The molecule has 0 bridgehead atoms. The van der Waals surface area contributed by atoms with Gasteiger partial charge in [-0.05, 0) is 25.5 Å². The summed E-state index contributed by atoms with van der Waals surface area (Å²) in [5.41, 5.74) is 0.707. The van der Waals surface area contributed by atoms with Crippen LogP contribution in [-0.4, -0.2) is 48.7 Å². The number of sulfone groups is 1. The van der Waals surface area contributed by atoms with Gasteiger partial charge in [0.05, 0.1) is 10.2 Å². The second-order valence-electron chi connectivity index (χ2n) is 5.25. The van der Waals surface area contributed by atoms with Gasteiger partial charge in [-0.3, -0.25) is 14.9 Å². The average molecular weight is 312 g/mol. The molecule has 8 heteroatoms. The molecule has 1 amide bonds. The van der Waals surface area contributed by atoms with Crippen molar-refractivity contribution in [3.63, 3.8) is 0 Å². The molecule has 1 saturated heterocycles. The molecule has 0 aliphatic carbocycles. The number of hydrogen-bond donors (Lipinski definition) is 0. The van der Waals surface area contributed by atoms with E-state index in [1.54, 1.807) is 6.92 Å². The highest BCUT2D eigenvalue weighted by atomic mass is 32.2. The van der Waals surface area contributed by atoms with Crippen molar-refractivity contribution < 1.29 is 18.1 Å². The summed E-state index contributed by atoms with van der Waals surface area (Å²) in [5.74, 6) is -0.292. The molecule has 1 fully saturated rings. The first-order valence-electron chi connectivity index (χ1n) is 6.43. The number of hydrogen-bond acceptors (Lipinski definition) is 5. The van der Waals surface area contributed by atoms with Crippen LogP contribution in [0.25, 0.3) is 0 Å². The van der Waals surface area contributed by atoms with E-state index in [4.69, 9.17) is 0 Å². The Balaban J connectivity index is 2.19. The van der Waals surface area contributed by atoms with Gasteiger partial charge in [0.25, 0.3) is 11.6 Å². The molecule has 0 saturated carbocycles. The third-order valence-electron chi connectivity index (χ3n) is 3.68. The number of amides is 1. The van der Waals surface area contributed by atoms with Crippen LogP contribution in [0, 0.1) is 17.0 Å². The number of nitro benzene ring substituents is 1. The fourth-order valence-corrected chi connectivity index (χ4v) is 3.42. The summed E-state index contributed by atoms with van der Waals surface area (Å²) in [4.78, 5) is 24.0. The van der Waals surface area contributed by atoms with Crippen molar-refractivity contribution in [3.05, 3.63) is 39.4 Å². The molecular weight excluding hydrogens is 296 g/mol. The maximum absolute atomic E-state index is 12.3. The Kier molecular flexibility index (Phi) is 3.99. The second kappa shape index (κ2) is 5.44. The normalized spacial score (nSPS) is 18.8. The maximum atomic E-state index is 12.3. The van der Waals surface area contributed by atoms with Crippen molar-refractivity contribution in [2.45, 2.75) is 18.6 Å². The summed E-state index contributed by atoms with van der Waals surface area (Å²) in [5, 5.41) is 10.2. The first kappa shape index (κ1) is 15.4. The molecule has 1 atom stereocenters. The molecule has 2 rings (SSSR count). The van der Waals surface area contributed by atoms with Gasteiger partial charge in [0, 0.05) is 36.5 Å². The number of carbonyl (C=O) groups excluding carboxylic acids is 1. The molecule has 1 aromatic rings. The minimum absolute atomic E-state index is 0.0398. The number of nitro groups is 1. The molecule has 0 radical (unpaired) electrons. The van der Waals surface area contributed by atoms with E-state index in [0.29, 0.717) is 24.1 Å². The smallest absolute Gasteiger partial charge is 0.272 e. The Labute approximate surface area is 122 Å². The molecule has 1 aliphatic heterocycles.